The van der Waals surface area contributed by atoms with E-state index in [-0.39, 0.29) is 24.0 Å². The van der Waals surface area contributed by atoms with Crippen molar-refractivity contribution < 1.29 is 22.4 Å². The summed E-state index contributed by atoms with van der Waals surface area (Å²) in [6, 6.07) is 12.3. The number of benzene rings is 1. The van der Waals surface area contributed by atoms with Crippen LogP contribution in [-0.4, -0.2) is 39.1 Å². The third-order valence-electron chi connectivity index (χ3n) is 4.93. The van der Waals surface area contributed by atoms with Gasteiger partial charge in [-0.15, -0.1) is 11.3 Å². The van der Waals surface area contributed by atoms with Crippen LogP contribution in [0.3, 0.4) is 0 Å². The van der Waals surface area contributed by atoms with Crippen LogP contribution in [0, 0.1) is 6.92 Å². The molecule has 0 radical (unpaired) electrons. The van der Waals surface area contributed by atoms with E-state index in [0.717, 1.165) is 16.9 Å². The van der Waals surface area contributed by atoms with Gasteiger partial charge in [-0.25, -0.2) is 8.42 Å². The summed E-state index contributed by atoms with van der Waals surface area (Å²) in [4.78, 5) is 25.1. The molecule has 2 N–H and O–H groups in total. The number of para-hydroxylation sites is 1. The van der Waals surface area contributed by atoms with Crippen LogP contribution in [0.5, 0.6) is 0 Å². The summed E-state index contributed by atoms with van der Waals surface area (Å²) in [5.74, 6) is -0.807. The zero-order valence-corrected chi connectivity index (χ0v) is 18.4. The number of rotatable bonds is 7. The predicted molar refractivity (Wildman–Crippen MR) is 119 cm³/mol. The molecule has 0 unspecified atom stereocenters. The van der Waals surface area contributed by atoms with E-state index in [9.17, 15) is 18.0 Å². The predicted octanol–water partition coefficient (Wildman–Crippen LogP) is 3.02. The summed E-state index contributed by atoms with van der Waals surface area (Å²) >= 11 is 1.12. The lowest BCUT2D eigenvalue weighted by Crippen LogP contribution is -2.36. The Balaban J connectivity index is 1.35. The molecule has 2 aromatic heterocycles. The highest BCUT2D eigenvalue weighted by Crippen LogP contribution is 2.30. The Labute approximate surface area is 183 Å². The van der Waals surface area contributed by atoms with Crippen LogP contribution >= 0.6 is 11.3 Å². The monoisotopic (exact) mass is 459 g/mol. The fourth-order valence-electron chi connectivity index (χ4n) is 3.43. The van der Waals surface area contributed by atoms with Crippen LogP contribution < -0.4 is 14.9 Å². The van der Waals surface area contributed by atoms with Crippen molar-refractivity contribution in [3.05, 3.63) is 70.5 Å². The maximum Gasteiger partial charge on any atom is 0.291 e. The van der Waals surface area contributed by atoms with Crippen LogP contribution in [0.4, 0.5) is 10.7 Å². The SMILES string of the molecule is Cc1cc(NC(=O)c2ccco2)sc1C(=O)NCCS(=O)(=O)N1CCc2ccccc21. The van der Waals surface area contributed by atoms with Crippen molar-refractivity contribution in [1.29, 1.82) is 0 Å². The molecule has 2 amide bonds. The average Bonchev–Trinajstić information content (AvgIpc) is 3.47. The smallest absolute Gasteiger partial charge is 0.291 e. The lowest BCUT2D eigenvalue weighted by atomic mass is 10.2. The molecule has 31 heavy (non-hydrogen) atoms. The molecule has 0 spiro atoms. The summed E-state index contributed by atoms with van der Waals surface area (Å²) in [7, 11) is -3.54. The molecule has 1 aliphatic heterocycles. The van der Waals surface area contributed by atoms with Crippen molar-refractivity contribution in [1.82, 2.24) is 5.32 Å². The normalized spacial score (nSPS) is 13.1. The first-order valence-electron chi connectivity index (χ1n) is 9.67. The van der Waals surface area contributed by atoms with Gasteiger partial charge >= 0.3 is 0 Å². The highest BCUT2D eigenvalue weighted by Gasteiger charge is 2.29. The van der Waals surface area contributed by atoms with Gasteiger partial charge in [0.05, 0.1) is 27.6 Å². The van der Waals surface area contributed by atoms with E-state index in [0.29, 0.717) is 34.1 Å². The Morgan fingerprint density at radius 1 is 1.16 bits per heavy atom. The summed E-state index contributed by atoms with van der Waals surface area (Å²) in [5.41, 5.74) is 2.40. The number of nitrogens with zero attached hydrogens (tertiary/aromatic N) is 1. The molecular formula is C21H21N3O5S2. The fourth-order valence-corrected chi connectivity index (χ4v) is 5.84. The molecule has 4 rings (SSSR count). The summed E-state index contributed by atoms with van der Waals surface area (Å²) < 4.78 is 31.9. The molecule has 1 aromatic carbocycles. The molecule has 3 heterocycles. The number of anilines is 2. The van der Waals surface area contributed by atoms with E-state index in [1.165, 1.54) is 10.6 Å². The molecule has 10 heteroatoms. The number of carbonyl (C=O) groups is 2. The maximum atomic E-state index is 12.7. The van der Waals surface area contributed by atoms with Crippen molar-refractivity contribution in [3.63, 3.8) is 0 Å². The first-order chi connectivity index (χ1) is 14.8. The van der Waals surface area contributed by atoms with Crippen molar-refractivity contribution in [2.45, 2.75) is 13.3 Å². The minimum absolute atomic E-state index is 0.00867. The highest BCUT2D eigenvalue weighted by atomic mass is 32.2. The zero-order chi connectivity index (χ0) is 22.0. The van der Waals surface area contributed by atoms with Gasteiger partial charge < -0.3 is 15.1 Å². The Bertz CT molecular complexity index is 1220. The minimum atomic E-state index is -3.54. The molecule has 0 saturated heterocycles. The van der Waals surface area contributed by atoms with Crippen molar-refractivity contribution >= 4 is 43.9 Å². The lowest BCUT2D eigenvalue weighted by molar-refractivity contribution is 0.0958. The summed E-state index contributed by atoms with van der Waals surface area (Å²) in [6.07, 6.45) is 2.09. The van der Waals surface area contributed by atoms with Crippen molar-refractivity contribution in [2.24, 2.45) is 0 Å². The molecule has 1 aliphatic rings. The third kappa shape index (κ3) is 4.49. The molecule has 3 aromatic rings. The number of nitrogens with one attached hydrogen (secondary N) is 2. The first-order valence-corrected chi connectivity index (χ1v) is 12.1. The topological polar surface area (TPSA) is 109 Å². The van der Waals surface area contributed by atoms with Gasteiger partial charge in [-0.2, -0.15) is 0 Å². The quantitative estimate of drug-likeness (QED) is 0.565. The molecule has 0 bridgehead atoms. The number of fused-ring (bicyclic) bond motifs is 1. The minimum Gasteiger partial charge on any atom is -0.459 e. The zero-order valence-electron chi connectivity index (χ0n) is 16.8. The van der Waals surface area contributed by atoms with Crippen LogP contribution in [0.25, 0.3) is 0 Å². The van der Waals surface area contributed by atoms with Crippen molar-refractivity contribution in [2.75, 3.05) is 28.5 Å². The molecule has 0 atom stereocenters. The number of sulfonamides is 1. The van der Waals surface area contributed by atoms with Gasteiger partial charge in [0, 0.05) is 13.1 Å². The fraction of sp³-hybridized carbons (Fsp3) is 0.238. The van der Waals surface area contributed by atoms with E-state index in [2.05, 4.69) is 10.6 Å². The molecule has 0 aliphatic carbocycles. The lowest BCUT2D eigenvalue weighted by Gasteiger charge is -2.19. The second-order valence-corrected chi connectivity index (χ2v) is 10.1. The molecular weight excluding hydrogens is 438 g/mol. The molecule has 0 fully saturated rings. The number of carbonyl (C=O) groups excluding carboxylic acids is 2. The van der Waals surface area contributed by atoms with Gasteiger partial charge in [-0.05, 0) is 48.7 Å². The summed E-state index contributed by atoms with van der Waals surface area (Å²) in [5, 5.41) is 5.87. The Morgan fingerprint density at radius 3 is 2.74 bits per heavy atom. The number of thiophene rings is 1. The maximum absolute atomic E-state index is 12.7. The Hall–Kier alpha value is -3.11. The van der Waals surface area contributed by atoms with Crippen molar-refractivity contribution in [3.8, 4) is 0 Å². The van der Waals surface area contributed by atoms with E-state index in [1.54, 1.807) is 31.2 Å². The van der Waals surface area contributed by atoms with Gasteiger partial charge in [0.15, 0.2) is 5.76 Å². The highest BCUT2D eigenvalue weighted by molar-refractivity contribution is 7.92. The van der Waals surface area contributed by atoms with Gasteiger partial charge in [0.2, 0.25) is 10.0 Å². The van der Waals surface area contributed by atoms with E-state index in [4.69, 9.17) is 4.42 Å². The largest absolute Gasteiger partial charge is 0.459 e. The van der Waals surface area contributed by atoms with E-state index >= 15 is 0 Å². The van der Waals surface area contributed by atoms with E-state index < -0.39 is 15.9 Å². The Morgan fingerprint density at radius 2 is 1.97 bits per heavy atom. The van der Waals surface area contributed by atoms with Gasteiger partial charge in [-0.3, -0.25) is 13.9 Å². The van der Waals surface area contributed by atoms with E-state index in [1.807, 2.05) is 18.2 Å². The summed E-state index contributed by atoms with van der Waals surface area (Å²) in [6.45, 7) is 2.16. The molecule has 8 nitrogen and oxygen atoms in total. The second kappa shape index (κ2) is 8.56. The number of aryl methyl sites for hydroxylation is 1. The number of hydrogen-bond donors (Lipinski definition) is 2. The standard InChI is InChI=1S/C21H21N3O5S2/c1-14-13-18(23-20(25)17-7-4-11-29-17)30-19(14)21(26)22-9-12-31(27,28)24-10-8-15-5-2-3-6-16(15)24/h2-7,11,13H,8-10,12H2,1H3,(H,22,26)(H,23,25). The van der Waals surface area contributed by atoms with Crippen LogP contribution in [0.2, 0.25) is 0 Å². The molecule has 162 valence electrons. The average molecular weight is 460 g/mol. The van der Waals surface area contributed by atoms with Crippen LogP contribution in [0.1, 0.15) is 31.4 Å². The van der Waals surface area contributed by atoms with Gasteiger partial charge in [0.1, 0.15) is 0 Å². The van der Waals surface area contributed by atoms with Gasteiger partial charge in [0.25, 0.3) is 11.8 Å². The number of furan rings is 1. The Kier molecular flexibility index (Phi) is 5.84. The number of hydrogen-bond acceptors (Lipinski definition) is 6. The van der Waals surface area contributed by atoms with Crippen LogP contribution in [0.15, 0.2) is 53.1 Å². The third-order valence-corrected chi connectivity index (χ3v) is 7.85. The molecule has 0 saturated carbocycles. The number of amides is 2. The van der Waals surface area contributed by atoms with Crippen LogP contribution in [-0.2, 0) is 16.4 Å². The van der Waals surface area contributed by atoms with Gasteiger partial charge in [-0.1, -0.05) is 18.2 Å². The second-order valence-electron chi connectivity index (χ2n) is 7.08. The first kappa shape index (κ1) is 21.1.